The fourth-order valence-electron chi connectivity index (χ4n) is 3.16. The number of hydrogen-bond donors (Lipinski definition) is 1. The van der Waals surface area contributed by atoms with E-state index in [-0.39, 0.29) is 12.1 Å². The molecule has 100 valence electrons. The average Bonchev–Trinajstić information content (AvgIpc) is 2.33. The van der Waals surface area contributed by atoms with Crippen molar-refractivity contribution in [2.24, 2.45) is 5.73 Å². The molecular formula is C13H26FN3. The highest BCUT2D eigenvalue weighted by atomic mass is 19.1. The van der Waals surface area contributed by atoms with E-state index in [1.54, 1.807) is 0 Å². The molecule has 1 saturated carbocycles. The third kappa shape index (κ3) is 2.98. The smallest absolute Gasteiger partial charge is 0.117 e. The van der Waals surface area contributed by atoms with Crippen LogP contribution in [-0.4, -0.2) is 60.3 Å². The first kappa shape index (κ1) is 13.2. The van der Waals surface area contributed by atoms with Crippen molar-refractivity contribution in [3.05, 3.63) is 0 Å². The quantitative estimate of drug-likeness (QED) is 0.792. The molecule has 2 aliphatic rings. The maximum atomic E-state index is 13.6. The first-order valence-corrected chi connectivity index (χ1v) is 6.97. The highest BCUT2D eigenvalue weighted by molar-refractivity contribution is 4.93. The summed E-state index contributed by atoms with van der Waals surface area (Å²) in [5.74, 6) is 0. The SMILES string of the molecule is CC(C)N1CCN(C2CCCC(F)[C@H]2N)CC1. The number of nitrogens with two attached hydrogens (primary N) is 1. The lowest BCUT2D eigenvalue weighted by Crippen LogP contribution is -2.59. The van der Waals surface area contributed by atoms with Gasteiger partial charge in [0.2, 0.25) is 0 Å². The van der Waals surface area contributed by atoms with Crippen molar-refractivity contribution in [2.75, 3.05) is 26.2 Å². The summed E-state index contributed by atoms with van der Waals surface area (Å²) in [5.41, 5.74) is 6.02. The second-order valence-electron chi connectivity index (χ2n) is 5.76. The summed E-state index contributed by atoms with van der Waals surface area (Å²) in [4.78, 5) is 4.90. The number of alkyl halides is 1. The summed E-state index contributed by atoms with van der Waals surface area (Å²) in [6.45, 7) is 8.75. The Balaban J connectivity index is 1.87. The van der Waals surface area contributed by atoms with E-state index in [0.717, 1.165) is 39.0 Å². The number of rotatable bonds is 2. The Hall–Kier alpha value is -0.190. The van der Waals surface area contributed by atoms with Gasteiger partial charge in [-0.25, -0.2) is 4.39 Å². The van der Waals surface area contributed by atoms with Crippen LogP contribution >= 0.6 is 0 Å². The Morgan fingerprint density at radius 3 is 2.35 bits per heavy atom. The van der Waals surface area contributed by atoms with Gasteiger partial charge >= 0.3 is 0 Å². The van der Waals surface area contributed by atoms with Crippen molar-refractivity contribution < 1.29 is 4.39 Å². The van der Waals surface area contributed by atoms with Crippen molar-refractivity contribution >= 4 is 0 Å². The number of nitrogens with zero attached hydrogens (tertiary/aromatic N) is 2. The molecule has 0 aromatic carbocycles. The molecule has 1 saturated heterocycles. The second-order valence-corrected chi connectivity index (χ2v) is 5.76. The Morgan fingerprint density at radius 1 is 1.12 bits per heavy atom. The molecule has 1 aliphatic carbocycles. The van der Waals surface area contributed by atoms with Gasteiger partial charge in [-0.3, -0.25) is 9.80 Å². The van der Waals surface area contributed by atoms with Crippen LogP contribution in [0.5, 0.6) is 0 Å². The number of piperazine rings is 1. The summed E-state index contributed by atoms with van der Waals surface area (Å²) < 4.78 is 13.6. The van der Waals surface area contributed by atoms with Gasteiger partial charge in [-0.05, 0) is 33.1 Å². The standard InChI is InChI=1S/C13H26FN3/c1-10(2)16-6-8-17(9-7-16)12-5-3-4-11(14)13(12)15/h10-13H,3-9,15H2,1-2H3/t11?,12?,13-/m1/s1. The van der Waals surface area contributed by atoms with E-state index in [2.05, 4.69) is 23.6 Å². The molecule has 2 N–H and O–H groups in total. The van der Waals surface area contributed by atoms with Crippen LogP contribution < -0.4 is 5.73 Å². The van der Waals surface area contributed by atoms with Crippen molar-refractivity contribution in [1.82, 2.24) is 9.80 Å². The lowest BCUT2D eigenvalue weighted by Gasteiger charge is -2.44. The zero-order valence-electron chi connectivity index (χ0n) is 11.1. The highest BCUT2D eigenvalue weighted by Crippen LogP contribution is 2.25. The molecule has 2 rings (SSSR count). The zero-order chi connectivity index (χ0) is 12.4. The predicted octanol–water partition coefficient (Wildman–Crippen LogP) is 1.23. The van der Waals surface area contributed by atoms with Crippen LogP contribution in [0, 0.1) is 0 Å². The molecule has 0 radical (unpaired) electrons. The average molecular weight is 243 g/mol. The topological polar surface area (TPSA) is 32.5 Å². The molecule has 0 bridgehead atoms. The first-order chi connectivity index (χ1) is 8.09. The third-order valence-electron chi connectivity index (χ3n) is 4.39. The van der Waals surface area contributed by atoms with Crippen LogP contribution in [0.1, 0.15) is 33.1 Å². The molecule has 4 heteroatoms. The van der Waals surface area contributed by atoms with Gasteiger partial charge in [0, 0.05) is 38.3 Å². The van der Waals surface area contributed by atoms with Crippen LogP contribution in [0.25, 0.3) is 0 Å². The maximum absolute atomic E-state index is 13.6. The fourth-order valence-corrected chi connectivity index (χ4v) is 3.16. The van der Waals surface area contributed by atoms with Gasteiger partial charge in [-0.2, -0.15) is 0 Å². The Kier molecular flexibility index (Phi) is 4.39. The molecule has 0 aromatic heterocycles. The largest absolute Gasteiger partial charge is 0.324 e. The molecule has 0 aromatic rings. The van der Waals surface area contributed by atoms with E-state index in [0.29, 0.717) is 12.5 Å². The minimum Gasteiger partial charge on any atom is -0.324 e. The highest BCUT2D eigenvalue weighted by Gasteiger charge is 2.35. The summed E-state index contributed by atoms with van der Waals surface area (Å²) in [5, 5.41) is 0. The van der Waals surface area contributed by atoms with Gasteiger partial charge in [0.1, 0.15) is 6.17 Å². The molecule has 0 spiro atoms. The summed E-state index contributed by atoms with van der Waals surface area (Å²) >= 11 is 0. The van der Waals surface area contributed by atoms with Crippen LogP contribution in [-0.2, 0) is 0 Å². The van der Waals surface area contributed by atoms with Gasteiger partial charge in [-0.15, -0.1) is 0 Å². The van der Waals surface area contributed by atoms with E-state index in [9.17, 15) is 4.39 Å². The summed E-state index contributed by atoms with van der Waals surface area (Å²) in [6, 6.07) is 0.619. The van der Waals surface area contributed by atoms with E-state index >= 15 is 0 Å². The van der Waals surface area contributed by atoms with Gasteiger partial charge in [0.15, 0.2) is 0 Å². The third-order valence-corrected chi connectivity index (χ3v) is 4.39. The number of hydrogen-bond acceptors (Lipinski definition) is 3. The predicted molar refractivity (Wildman–Crippen MR) is 68.8 cm³/mol. The van der Waals surface area contributed by atoms with Crippen molar-refractivity contribution in [3.63, 3.8) is 0 Å². The molecule has 1 heterocycles. The molecule has 3 atom stereocenters. The lowest BCUT2D eigenvalue weighted by atomic mass is 9.88. The van der Waals surface area contributed by atoms with E-state index in [1.165, 1.54) is 0 Å². The summed E-state index contributed by atoms with van der Waals surface area (Å²) in [7, 11) is 0. The minimum atomic E-state index is -0.795. The Labute approximate surface area is 104 Å². The normalized spacial score (nSPS) is 37.6. The Bertz CT molecular complexity index is 239. The minimum absolute atomic E-state index is 0.269. The summed E-state index contributed by atoms with van der Waals surface area (Å²) in [6.07, 6.45) is 1.92. The van der Waals surface area contributed by atoms with Crippen molar-refractivity contribution in [2.45, 2.75) is 57.4 Å². The van der Waals surface area contributed by atoms with Gasteiger partial charge in [-0.1, -0.05) is 0 Å². The van der Waals surface area contributed by atoms with Gasteiger partial charge < -0.3 is 5.73 Å². The molecule has 2 fully saturated rings. The van der Waals surface area contributed by atoms with Gasteiger partial charge in [0.25, 0.3) is 0 Å². The van der Waals surface area contributed by atoms with Gasteiger partial charge in [0.05, 0.1) is 6.04 Å². The van der Waals surface area contributed by atoms with Crippen molar-refractivity contribution in [1.29, 1.82) is 0 Å². The molecule has 3 nitrogen and oxygen atoms in total. The van der Waals surface area contributed by atoms with Crippen LogP contribution in [0.3, 0.4) is 0 Å². The molecule has 17 heavy (non-hydrogen) atoms. The molecular weight excluding hydrogens is 217 g/mol. The van der Waals surface area contributed by atoms with E-state index in [4.69, 9.17) is 5.73 Å². The molecule has 1 aliphatic heterocycles. The van der Waals surface area contributed by atoms with E-state index in [1.807, 2.05) is 0 Å². The van der Waals surface area contributed by atoms with Crippen LogP contribution in [0.15, 0.2) is 0 Å². The Morgan fingerprint density at radius 2 is 1.76 bits per heavy atom. The van der Waals surface area contributed by atoms with Crippen molar-refractivity contribution in [3.8, 4) is 0 Å². The maximum Gasteiger partial charge on any atom is 0.117 e. The monoisotopic (exact) mass is 243 g/mol. The molecule has 2 unspecified atom stereocenters. The van der Waals surface area contributed by atoms with Crippen LogP contribution in [0.4, 0.5) is 4.39 Å². The molecule has 0 amide bonds. The second kappa shape index (κ2) is 5.63. The first-order valence-electron chi connectivity index (χ1n) is 6.97. The van der Waals surface area contributed by atoms with Crippen LogP contribution in [0.2, 0.25) is 0 Å². The number of halogens is 1. The zero-order valence-corrected chi connectivity index (χ0v) is 11.1. The lowest BCUT2D eigenvalue weighted by molar-refractivity contribution is 0.0359. The van der Waals surface area contributed by atoms with E-state index < -0.39 is 6.17 Å². The fraction of sp³-hybridized carbons (Fsp3) is 1.00.